The van der Waals surface area contributed by atoms with Crippen molar-refractivity contribution in [3.8, 4) is 11.6 Å². The quantitative estimate of drug-likeness (QED) is 0.712. The molecule has 0 aliphatic carbocycles. The molecule has 138 valence electrons. The number of rotatable bonds is 4. The van der Waals surface area contributed by atoms with E-state index in [1.165, 1.54) is 0 Å². The zero-order valence-electron chi connectivity index (χ0n) is 15.2. The van der Waals surface area contributed by atoms with Crippen molar-refractivity contribution in [3.63, 3.8) is 0 Å². The first-order valence-electron chi connectivity index (χ1n) is 9.02. The summed E-state index contributed by atoms with van der Waals surface area (Å²) < 4.78 is 7.05. The van der Waals surface area contributed by atoms with E-state index in [-0.39, 0.29) is 11.9 Å². The van der Waals surface area contributed by atoms with Crippen molar-refractivity contribution in [2.75, 3.05) is 13.7 Å². The minimum absolute atomic E-state index is 0.00493. The number of methoxy groups -OCH3 is 1. The third-order valence-electron chi connectivity index (χ3n) is 4.92. The van der Waals surface area contributed by atoms with Crippen LogP contribution in [-0.2, 0) is 0 Å². The molecule has 7 nitrogen and oxygen atoms in total. The summed E-state index contributed by atoms with van der Waals surface area (Å²) in [5.41, 5.74) is 1.69. The Balaban J connectivity index is 1.58. The van der Waals surface area contributed by atoms with Gasteiger partial charge in [0.2, 0.25) is 0 Å². The summed E-state index contributed by atoms with van der Waals surface area (Å²) in [6.45, 7) is 0.744. The van der Waals surface area contributed by atoms with Crippen LogP contribution < -0.4 is 4.74 Å². The molecule has 0 radical (unpaired) electrons. The number of hydrogen-bond acceptors (Lipinski definition) is 5. The molecule has 0 saturated carbocycles. The van der Waals surface area contributed by atoms with E-state index in [9.17, 15) is 4.79 Å². The van der Waals surface area contributed by atoms with Gasteiger partial charge in [-0.3, -0.25) is 9.36 Å². The van der Waals surface area contributed by atoms with E-state index >= 15 is 0 Å². The Morgan fingerprint density at radius 2 is 2.00 bits per heavy atom. The van der Waals surface area contributed by atoms with E-state index in [4.69, 9.17) is 4.74 Å². The number of pyridine rings is 1. The predicted octanol–water partition coefficient (Wildman–Crippen LogP) is 3.04. The molecule has 4 rings (SSSR count). The second kappa shape index (κ2) is 7.57. The molecule has 27 heavy (non-hydrogen) atoms. The van der Waals surface area contributed by atoms with Gasteiger partial charge in [-0.2, -0.15) is 0 Å². The van der Waals surface area contributed by atoms with Gasteiger partial charge in [0.15, 0.2) is 0 Å². The van der Waals surface area contributed by atoms with Crippen LogP contribution >= 0.6 is 0 Å². The van der Waals surface area contributed by atoms with Crippen LogP contribution in [0, 0.1) is 0 Å². The highest BCUT2D eigenvalue weighted by Crippen LogP contribution is 2.33. The summed E-state index contributed by atoms with van der Waals surface area (Å²) in [5, 5.41) is 7.55. The van der Waals surface area contributed by atoms with Gasteiger partial charge in [0.1, 0.15) is 24.2 Å². The molecule has 1 fully saturated rings. The van der Waals surface area contributed by atoms with Crippen LogP contribution in [0.15, 0.2) is 55.2 Å². The van der Waals surface area contributed by atoms with Gasteiger partial charge in [-0.25, -0.2) is 4.98 Å². The number of piperidine rings is 1. The summed E-state index contributed by atoms with van der Waals surface area (Å²) in [6.07, 6.45) is 7.84. The van der Waals surface area contributed by atoms with Crippen LogP contribution in [0.5, 0.6) is 5.75 Å². The van der Waals surface area contributed by atoms with Crippen molar-refractivity contribution in [1.29, 1.82) is 0 Å². The predicted molar refractivity (Wildman–Crippen MR) is 99.8 cm³/mol. The highest BCUT2D eigenvalue weighted by atomic mass is 16.5. The Morgan fingerprint density at radius 1 is 1.15 bits per heavy atom. The minimum atomic E-state index is 0.00493. The van der Waals surface area contributed by atoms with Gasteiger partial charge in [0.05, 0.1) is 18.7 Å². The second-order valence-electron chi connectivity index (χ2n) is 6.56. The molecular formula is C20H21N5O2. The molecule has 1 atom stereocenters. The number of carbonyl (C=O) groups is 1. The SMILES string of the molecule is COc1cccc(C2CCCCN2C(=O)c2ccc(-n3cnnc3)nc2)c1. The molecular weight excluding hydrogens is 342 g/mol. The topological polar surface area (TPSA) is 73.1 Å². The molecule has 1 amide bonds. The molecule has 2 aromatic heterocycles. The number of hydrogen-bond donors (Lipinski definition) is 0. The van der Waals surface area contributed by atoms with Crippen molar-refractivity contribution >= 4 is 5.91 Å². The first-order chi connectivity index (χ1) is 13.3. The third kappa shape index (κ3) is 3.53. The fourth-order valence-corrected chi connectivity index (χ4v) is 3.52. The van der Waals surface area contributed by atoms with Crippen LogP contribution in [0.3, 0.4) is 0 Å². The van der Waals surface area contributed by atoms with Crippen molar-refractivity contribution in [2.24, 2.45) is 0 Å². The number of amides is 1. The van der Waals surface area contributed by atoms with Crippen molar-refractivity contribution in [2.45, 2.75) is 25.3 Å². The molecule has 0 spiro atoms. The number of ether oxygens (including phenoxy) is 1. The first kappa shape index (κ1) is 17.2. The average molecular weight is 363 g/mol. The van der Waals surface area contributed by atoms with Gasteiger partial charge in [-0.15, -0.1) is 10.2 Å². The van der Waals surface area contributed by atoms with E-state index in [0.717, 1.165) is 37.1 Å². The molecule has 0 N–H and O–H groups in total. The average Bonchev–Trinajstić information content (AvgIpc) is 3.28. The molecule has 1 aromatic carbocycles. The number of aromatic nitrogens is 4. The Bertz CT molecular complexity index is 908. The van der Waals surface area contributed by atoms with Crippen LogP contribution in [0.4, 0.5) is 0 Å². The summed E-state index contributed by atoms with van der Waals surface area (Å²) >= 11 is 0. The lowest BCUT2D eigenvalue weighted by Crippen LogP contribution is -2.38. The molecule has 1 aliphatic heterocycles. The zero-order valence-corrected chi connectivity index (χ0v) is 15.2. The molecule has 1 saturated heterocycles. The number of likely N-dealkylation sites (tertiary alicyclic amines) is 1. The lowest BCUT2D eigenvalue weighted by molar-refractivity contribution is 0.0611. The standard InChI is InChI=1S/C20H21N5O2/c1-27-17-6-4-5-15(11-17)18-7-2-3-10-25(18)20(26)16-8-9-19(21-12-16)24-13-22-23-14-24/h4-6,8-9,11-14,18H,2-3,7,10H2,1H3. The smallest absolute Gasteiger partial charge is 0.255 e. The maximum absolute atomic E-state index is 13.2. The van der Waals surface area contributed by atoms with E-state index in [0.29, 0.717) is 11.4 Å². The highest BCUT2D eigenvalue weighted by molar-refractivity contribution is 5.94. The molecule has 1 aliphatic rings. The van der Waals surface area contributed by atoms with E-state index in [1.54, 1.807) is 36.6 Å². The molecule has 7 heteroatoms. The third-order valence-corrected chi connectivity index (χ3v) is 4.92. The lowest BCUT2D eigenvalue weighted by atomic mass is 9.94. The van der Waals surface area contributed by atoms with E-state index in [2.05, 4.69) is 21.2 Å². The van der Waals surface area contributed by atoms with Crippen molar-refractivity contribution in [3.05, 3.63) is 66.4 Å². The van der Waals surface area contributed by atoms with Crippen LogP contribution in [0.25, 0.3) is 5.82 Å². The molecule has 3 heterocycles. The van der Waals surface area contributed by atoms with E-state index < -0.39 is 0 Å². The summed E-state index contributed by atoms with van der Waals surface area (Å²) in [5.74, 6) is 1.50. The first-order valence-corrected chi connectivity index (χ1v) is 9.02. The van der Waals surface area contributed by atoms with Gasteiger partial charge in [-0.05, 0) is 49.1 Å². The Labute approximate surface area is 157 Å². The van der Waals surface area contributed by atoms with Gasteiger partial charge < -0.3 is 9.64 Å². The van der Waals surface area contributed by atoms with Crippen LogP contribution in [0.1, 0.15) is 41.2 Å². The van der Waals surface area contributed by atoms with Crippen molar-refractivity contribution < 1.29 is 9.53 Å². The molecule has 0 bridgehead atoms. The minimum Gasteiger partial charge on any atom is -0.497 e. The molecule has 1 unspecified atom stereocenters. The monoisotopic (exact) mass is 363 g/mol. The normalized spacial score (nSPS) is 16.9. The van der Waals surface area contributed by atoms with Gasteiger partial charge in [0, 0.05) is 12.7 Å². The molecule has 3 aromatic rings. The summed E-state index contributed by atoms with van der Waals surface area (Å²) in [6, 6.07) is 11.6. The largest absolute Gasteiger partial charge is 0.497 e. The maximum Gasteiger partial charge on any atom is 0.255 e. The van der Waals surface area contributed by atoms with E-state index in [1.807, 2.05) is 29.2 Å². The van der Waals surface area contributed by atoms with Gasteiger partial charge in [0.25, 0.3) is 5.91 Å². The van der Waals surface area contributed by atoms with Gasteiger partial charge >= 0.3 is 0 Å². The van der Waals surface area contributed by atoms with Crippen LogP contribution in [0.2, 0.25) is 0 Å². The number of nitrogens with zero attached hydrogens (tertiary/aromatic N) is 5. The number of carbonyl (C=O) groups excluding carboxylic acids is 1. The van der Waals surface area contributed by atoms with Crippen molar-refractivity contribution in [1.82, 2.24) is 24.6 Å². The summed E-state index contributed by atoms with van der Waals surface area (Å²) in [7, 11) is 1.66. The highest BCUT2D eigenvalue weighted by Gasteiger charge is 2.29. The van der Waals surface area contributed by atoms with Crippen LogP contribution in [-0.4, -0.2) is 44.2 Å². The Hall–Kier alpha value is -3.22. The lowest BCUT2D eigenvalue weighted by Gasteiger charge is -2.36. The zero-order chi connectivity index (χ0) is 18.6. The Morgan fingerprint density at radius 3 is 2.74 bits per heavy atom. The number of benzene rings is 1. The maximum atomic E-state index is 13.2. The fourth-order valence-electron chi connectivity index (χ4n) is 3.52. The fraction of sp³-hybridized carbons (Fsp3) is 0.300. The van der Waals surface area contributed by atoms with Gasteiger partial charge in [-0.1, -0.05) is 12.1 Å². The summed E-state index contributed by atoms with van der Waals surface area (Å²) in [4.78, 5) is 19.5. The Kier molecular flexibility index (Phi) is 4.82. The second-order valence-corrected chi connectivity index (χ2v) is 6.56.